The molecule has 1 aliphatic rings. The second kappa shape index (κ2) is 7.74. The molecule has 0 aliphatic heterocycles. The van der Waals surface area contributed by atoms with E-state index < -0.39 is 5.97 Å². The first-order chi connectivity index (χ1) is 8.50. The molecule has 0 bridgehead atoms. The molecule has 0 heterocycles. The van der Waals surface area contributed by atoms with Gasteiger partial charge in [0.05, 0.1) is 6.54 Å². The number of carbonyl (C=O) groups is 1. The van der Waals surface area contributed by atoms with E-state index in [-0.39, 0.29) is 6.54 Å². The quantitative estimate of drug-likeness (QED) is 0.755. The summed E-state index contributed by atoms with van der Waals surface area (Å²) in [4.78, 5) is 15.2. The summed E-state index contributed by atoms with van der Waals surface area (Å²) in [7, 11) is 4.06. The Kier molecular flexibility index (Phi) is 6.65. The van der Waals surface area contributed by atoms with Crippen LogP contribution < -0.4 is 0 Å². The van der Waals surface area contributed by atoms with E-state index in [2.05, 4.69) is 16.7 Å². The third-order valence-corrected chi connectivity index (χ3v) is 4.08. The fourth-order valence-corrected chi connectivity index (χ4v) is 2.84. The lowest BCUT2D eigenvalue weighted by Gasteiger charge is -2.36. The first kappa shape index (κ1) is 15.4. The molecule has 0 radical (unpaired) electrons. The zero-order valence-electron chi connectivity index (χ0n) is 12.1. The normalized spacial score (nSPS) is 19.4. The van der Waals surface area contributed by atoms with Crippen molar-refractivity contribution < 1.29 is 9.90 Å². The summed E-state index contributed by atoms with van der Waals surface area (Å²) < 4.78 is 0. The Morgan fingerprint density at radius 1 is 1.22 bits per heavy atom. The Bertz CT molecular complexity index is 250. The van der Waals surface area contributed by atoms with E-state index in [0.717, 1.165) is 13.1 Å². The maximum Gasteiger partial charge on any atom is 0.317 e. The Morgan fingerprint density at radius 2 is 1.83 bits per heavy atom. The molecule has 0 aromatic carbocycles. The molecular formula is C14H28N2O2. The fraction of sp³-hybridized carbons (Fsp3) is 0.929. The van der Waals surface area contributed by atoms with Gasteiger partial charge in [-0.3, -0.25) is 9.69 Å². The second-order valence-electron chi connectivity index (χ2n) is 5.81. The number of aliphatic carboxylic acids is 1. The van der Waals surface area contributed by atoms with E-state index in [1.807, 2.05) is 14.1 Å². The lowest BCUT2D eigenvalue weighted by atomic mass is 9.84. The highest BCUT2D eigenvalue weighted by Crippen LogP contribution is 2.28. The third-order valence-electron chi connectivity index (χ3n) is 4.08. The monoisotopic (exact) mass is 256 g/mol. The molecule has 1 unspecified atom stereocenters. The van der Waals surface area contributed by atoms with Crippen LogP contribution in [0.4, 0.5) is 0 Å². The molecule has 1 fully saturated rings. The molecule has 4 heteroatoms. The third kappa shape index (κ3) is 5.36. The molecule has 0 amide bonds. The van der Waals surface area contributed by atoms with Gasteiger partial charge in [0.2, 0.25) is 0 Å². The second-order valence-corrected chi connectivity index (χ2v) is 5.81. The molecule has 1 aliphatic carbocycles. The number of hydrogen-bond donors (Lipinski definition) is 1. The minimum Gasteiger partial charge on any atom is -0.480 e. The smallest absolute Gasteiger partial charge is 0.317 e. The molecule has 0 saturated heterocycles. The number of likely N-dealkylation sites (N-methyl/N-ethyl adjacent to an activating group) is 1. The Morgan fingerprint density at radius 3 is 2.33 bits per heavy atom. The minimum absolute atomic E-state index is 0.172. The van der Waals surface area contributed by atoms with Gasteiger partial charge in [-0.05, 0) is 39.8 Å². The molecule has 1 atom stereocenters. The summed E-state index contributed by atoms with van der Waals surface area (Å²) in [6.45, 7) is 4.14. The van der Waals surface area contributed by atoms with Crippen molar-refractivity contribution in [2.45, 2.75) is 45.1 Å². The van der Waals surface area contributed by atoms with Gasteiger partial charge in [-0.1, -0.05) is 19.3 Å². The molecule has 0 aromatic rings. The van der Waals surface area contributed by atoms with Crippen LogP contribution in [0.2, 0.25) is 0 Å². The van der Waals surface area contributed by atoms with Crippen molar-refractivity contribution in [3.8, 4) is 0 Å². The van der Waals surface area contributed by atoms with Crippen LogP contribution in [-0.4, -0.2) is 60.6 Å². The SMILES string of the molecule is CC(C1CCCCC1)N(CCN(C)C)CC(=O)O. The lowest BCUT2D eigenvalue weighted by molar-refractivity contribution is -0.139. The van der Waals surface area contributed by atoms with E-state index >= 15 is 0 Å². The van der Waals surface area contributed by atoms with Gasteiger partial charge >= 0.3 is 5.97 Å². The zero-order valence-corrected chi connectivity index (χ0v) is 12.1. The van der Waals surface area contributed by atoms with Crippen LogP contribution in [0.3, 0.4) is 0 Å². The molecule has 0 spiro atoms. The molecular weight excluding hydrogens is 228 g/mol. The standard InChI is InChI=1S/C14H28N2O2/c1-12(13-7-5-4-6-8-13)16(11-14(17)18)10-9-15(2)3/h12-13H,4-11H2,1-3H3,(H,17,18). The Balaban J connectivity index is 2.52. The average Bonchev–Trinajstić information content (AvgIpc) is 2.34. The minimum atomic E-state index is -0.712. The first-order valence-corrected chi connectivity index (χ1v) is 7.11. The van der Waals surface area contributed by atoms with Crippen molar-refractivity contribution in [1.82, 2.24) is 9.80 Å². The van der Waals surface area contributed by atoms with Gasteiger partial charge < -0.3 is 10.0 Å². The van der Waals surface area contributed by atoms with Crippen LogP contribution in [-0.2, 0) is 4.79 Å². The largest absolute Gasteiger partial charge is 0.480 e. The summed E-state index contributed by atoms with van der Waals surface area (Å²) in [5, 5.41) is 9.04. The van der Waals surface area contributed by atoms with Crippen molar-refractivity contribution in [2.24, 2.45) is 5.92 Å². The Labute approximate surface area is 111 Å². The molecule has 1 N–H and O–H groups in total. The van der Waals surface area contributed by atoms with Gasteiger partial charge in [-0.25, -0.2) is 0 Å². The summed E-state index contributed by atoms with van der Waals surface area (Å²) in [6, 6.07) is 0.390. The van der Waals surface area contributed by atoms with E-state index in [1.165, 1.54) is 32.1 Å². The molecule has 1 saturated carbocycles. The number of hydrogen-bond acceptors (Lipinski definition) is 3. The van der Waals surface area contributed by atoms with E-state index in [1.54, 1.807) is 0 Å². The van der Waals surface area contributed by atoms with Crippen LogP contribution >= 0.6 is 0 Å². The van der Waals surface area contributed by atoms with Crippen LogP contribution in [0.5, 0.6) is 0 Å². The topological polar surface area (TPSA) is 43.8 Å². The van der Waals surface area contributed by atoms with Gasteiger partial charge in [-0.15, -0.1) is 0 Å². The Hall–Kier alpha value is -0.610. The molecule has 18 heavy (non-hydrogen) atoms. The maximum absolute atomic E-state index is 11.0. The number of carboxylic acid groups (broad SMARTS) is 1. The summed E-state index contributed by atoms with van der Waals surface area (Å²) in [5.74, 6) is -0.0309. The summed E-state index contributed by atoms with van der Waals surface area (Å²) in [6.07, 6.45) is 6.49. The van der Waals surface area contributed by atoms with Crippen molar-refractivity contribution in [2.75, 3.05) is 33.7 Å². The van der Waals surface area contributed by atoms with E-state index in [9.17, 15) is 4.79 Å². The van der Waals surface area contributed by atoms with Crippen molar-refractivity contribution in [3.63, 3.8) is 0 Å². The highest BCUT2D eigenvalue weighted by Gasteiger charge is 2.26. The van der Waals surface area contributed by atoms with Crippen molar-refractivity contribution in [3.05, 3.63) is 0 Å². The van der Waals surface area contributed by atoms with Crippen molar-refractivity contribution in [1.29, 1.82) is 0 Å². The van der Waals surface area contributed by atoms with E-state index in [0.29, 0.717) is 12.0 Å². The molecule has 0 aromatic heterocycles. The van der Waals surface area contributed by atoms with Crippen LogP contribution in [0.1, 0.15) is 39.0 Å². The van der Waals surface area contributed by atoms with Crippen LogP contribution in [0, 0.1) is 5.92 Å². The highest BCUT2D eigenvalue weighted by atomic mass is 16.4. The average molecular weight is 256 g/mol. The summed E-state index contributed by atoms with van der Waals surface area (Å²) in [5.41, 5.74) is 0. The van der Waals surface area contributed by atoms with Gasteiger partial charge in [0.15, 0.2) is 0 Å². The lowest BCUT2D eigenvalue weighted by Crippen LogP contribution is -2.45. The van der Waals surface area contributed by atoms with Gasteiger partial charge in [-0.2, -0.15) is 0 Å². The van der Waals surface area contributed by atoms with Crippen LogP contribution in [0.15, 0.2) is 0 Å². The molecule has 4 nitrogen and oxygen atoms in total. The predicted molar refractivity (Wildman–Crippen MR) is 73.8 cm³/mol. The van der Waals surface area contributed by atoms with Gasteiger partial charge in [0, 0.05) is 19.1 Å². The van der Waals surface area contributed by atoms with Crippen LogP contribution in [0.25, 0.3) is 0 Å². The highest BCUT2D eigenvalue weighted by molar-refractivity contribution is 5.69. The van der Waals surface area contributed by atoms with E-state index in [4.69, 9.17) is 5.11 Å². The number of nitrogens with zero attached hydrogens (tertiary/aromatic N) is 2. The number of rotatable bonds is 7. The summed E-state index contributed by atoms with van der Waals surface area (Å²) >= 11 is 0. The fourth-order valence-electron chi connectivity index (χ4n) is 2.84. The van der Waals surface area contributed by atoms with Gasteiger partial charge in [0.25, 0.3) is 0 Å². The number of carboxylic acids is 1. The van der Waals surface area contributed by atoms with Crippen molar-refractivity contribution >= 4 is 5.97 Å². The zero-order chi connectivity index (χ0) is 13.5. The van der Waals surface area contributed by atoms with Gasteiger partial charge in [0.1, 0.15) is 0 Å². The molecule has 106 valence electrons. The maximum atomic E-state index is 11.0. The first-order valence-electron chi connectivity index (χ1n) is 7.11. The predicted octanol–water partition coefficient (Wildman–Crippen LogP) is 1.90. The molecule has 1 rings (SSSR count).